The second-order valence-electron chi connectivity index (χ2n) is 5.69. The molecule has 0 saturated heterocycles. The van der Waals surface area contributed by atoms with Gasteiger partial charge >= 0.3 is 6.18 Å². The number of rotatable bonds is 4. The van der Waals surface area contributed by atoms with Gasteiger partial charge < -0.3 is 11.1 Å². The van der Waals surface area contributed by atoms with Crippen molar-refractivity contribution in [1.82, 2.24) is 5.32 Å². The lowest BCUT2D eigenvalue weighted by Gasteiger charge is -2.41. The molecule has 6 heteroatoms. The second kappa shape index (κ2) is 5.58. The summed E-state index contributed by atoms with van der Waals surface area (Å²) in [6, 6.07) is 3.25. The van der Waals surface area contributed by atoms with Crippen LogP contribution < -0.4 is 11.1 Å². The van der Waals surface area contributed by atoms with E-state index in [1.165, 1.54) is 6.07 Å². The first-order valence-corrected chi connectivity index (χ1v) is 7.02. The topological polar surface area (TPSA) is 55.1 Å². The van der Waals surface area contributed by atoms with Crippen LogP contribution in [0.5, 0.6) is 0 Å². The van der Waals surface area contributed by atoms with Gasteiger partial charge in [-0.1, -0.05) is 13.3 Å². The van der Waals surface area contributed by atoms with E-state index in [-0.39, 0.29) is 16.7 Å². The molecule has 3 nitrogen and oxygen atoms in total. The van der Waals surface area contributed by atoms with Gasteiger partial charge in [0.25, 0.3) is 5.91 Å². The van der Waals surface area contributed by atoms with Crippen LogP contribution in [0.4, 0.5) is 18.9 Å². The molecular formula is C15H19F3N2O. The van der Waals surface area contributed by atoms with E-state index in [4.69, 9.17) is 5.73 Å². The zero-order chi connectivity index (χ0) is 15.7. The summed E-state index contributed by atoms with van der Waals surface area (Å²) in [5, 5.41) is 2.74. The molecule has 116 valence electrons. The van der Waals surface area contributed by atoms with Crippen LogP contribution in [-0.4, -0.2) is 12.5 Å². The van der Waals surface area contributed by atoms with Gasteiger partial charge in [0.15, 0.2) is 0 Å². The van der Waals surface area contributed by atoms with Crippen molar-refractivity contribution in [3.8, 4) is 0 Å². The van der Waals surface area contributed by atoms with Crippen LogP contribution in [0.3, 0.4) is 0 Å². The van der Waals surface area contributed by atoms with Crippen molar-refractivity contribution >= 4 is 11.6 Å². The minimum absolute atomic E-state index is 0.0119. The molecular weight excluding hydrogens is 281 g/mol. The molecule has 0 aromatic heterocycles. The number of amides is 1. The molecule has 1 amide bonds. The Balaban J connectivity index is 2.09. The summed E-state index contributed by atoms with van der Waals surface area (Å²) in [6.07, 6.45) is -0.343. The average molecular weight is 300 g/mol. The van der Waals surface area contributed by atoms with Crippen molar-refractivity contribution in [3.05, 3.63) is 29.3 Å². The van der Waals surface area contributed by atoms with Gasteiger partial charge in [-0.2, -0.15) is 13.2 Å². The molecule has 0 spiro atoms. The number of anilines is 1. The molecule has 2 rings (SSSR count). The predicted octanol–water partition coefficient (Wildman–Crippen LogP) is 3.60. The van der Waals surface area contributed by atoms with Crippen LogP contribution in [0, 0.1) is 5.41 Å². The Kier molecular flexibility index (Phi) is 4.16. The van der Waals surface area contributed by atoms with E-state index < -0.39 is 17.6 Å². The lowest BCUT2D eigenvalue weighted by atomic mass is 9.67. The van der Waals surface area contributed by atoms with E-state index >= 15 is 0 Å². The molecule has 1 aromatic carbocycles. The van der Waals surface area contributed by atoms with Gasteiger partial charge in [0, 0.05) is 17.8 Å². The zero-order valence-electron chi connectivity index (χ0n) is 11.9. The number of nitrogen functional groups attached to an aromatic ring is 1. The van der Waals surface area contributed by atoms with Gasteiger partial charge in [-0.15, -0.1) is 0 Å². The highest BCUT2D eigenvalue weighted by atomic mass is 19.4. The lowest BCUT2D eigenvalue weighted by Crippen LogP contribution is -2.41. The van der Waals surface area contributed by atoms with E-state index in [1.807, 2.05) is 0 Å². The highest BCUT2D eigenvalue weighted by molar-refractivity contribution is 5.94. The molecule has 1 fully saturated rings. The summed E-state index contributed by atoms with van der Waals surface area (Å²) < 4.78 is 38.3. The van der Waals surface area contributed by atoms with Gasteiger partial charge in [-0.05, 0) is 42.9 Å². The fourth-order valence-corrected chi connectivity index (χ4v) is 2.64. The van der Waals surface area contributed by atoms with Crippen LogP contribution in [0.25, 0.3) is 0 Å². The van der Waals surface area contributed by atoms with Crippen molar-refractivity contribution in [2.75, 3.05) is 12.3 Å². The number of hydrogen-bond acceptors (Lipinski definition) is 2. The maximum absolute atomic E-state index is 12.8. The Hall–Kier alpha value is -1.72. The fourth-order valence-electron chi connectivity index (χ4n) is 2.64. The minimum Gasteiger partial charge on any atom is -0.398 e. The Morgan fingerprint density at radius 3 is 2.52 bits per heavy atom. The predicted molar refractivity (Wildman–Crippen MR) is 74.8 cm³/mol. The zero-order valence-corrected chi connectivity index (χ0v) is 11.9. The van der Waals surface area contributed by atoms with Crippen LogP contribution in [-0.2, 0) is 6.18 Å². The first-order valence-electron chi connectivity index (χ1n) is 7.02. The fraction of sp³-hybridized carbons (Fsp3) is 0.533. The van der Waals surface area contributed by atoms with Crippen molar-refractivity contribution in [2.45, 2.75) is 38.8 Å². The number of halogens is 3. The maximum atomic E-state index is 12.8. The quantitative estimate of drug-likeness (QED) is 0.835. The minimum atomic E-state index is -4.56. The lowest BCUT2D eigenvalue weighted by molar-refractivity contribution is -0.136. The van der Waals surface area contributed by atoms with E-state index in [0.29, 0.717) is 6.54 Å². The van der Waals surface area contributed by atoms with E-state index in [1.54, 1.807) is 0 Å². The molecule has 0 aliphatic heterocycles. The summed E-state index contributed by atoms with van der Waals surface area (Å²) in [7, 11) is 0. The SMILES string of the molecule is CCC1(CNC(=O)c2ccc(N)c(C(F)(F)F)c2)CCC1. The highest BCUT2D eigenvalue weighted by Gasteiger charge is 2.36. The molecule has 0 heterocycles. The molecule has 1 saturated carbocycles. The third kappa shape index (κ3) is 3.31. The third-order valence-electron chi connectivity index (χ3n) is 4.41. The molecule has 0 bridgehead atoms. The Labute approximate surface area is 121 Å². The van der Waals surface area contributed by atoms with Crippen molar-refractivity contribution < 1.29 is 18.0 Å². The van der Waals surface area contributed by atoms with Crippen LogP contribution in [0.2, 0.25) is 0 Å². The van der Waals surface area contributed by atoms with E-state index in [0.717, 1.165) is 37.8 Å². The average Bonchev–Trinajstić information content (AvgIpc) is 2.37. The van der Waals surface area contributed by atoms with Gasteiger partial charge in [0.1, 0.15) is 0 Å². The maximum Gasteiger partial charge on any atom is 0.418 e. The van der Waals surface area contributed by atoms with Crippen LogP contribution in [0.15, 0.2) is 18.2 Å². The second-order valence-corrected chi connectivity index (χ2v) is 5.69. The number of carbonyl (C=O) groups is 1. The number of nitrogens with one attached hydrogen (secondary N) is 1. The first-order chi connectivity index (χ1) is 9.77. The van der Waals surface area contributed by atoms with Gasteiger partial charge in [0.2, 0.25) is 0 Å². The molecule has 0 radical (unpaired) electrons. The molecule has 1 aliphatic carbocycles. The summed E-state index contributed by atoms with van der Waals surface area (Å²) in [6.45, 7) is 2.57. The smallest absolute Gasteiger partial charge is 0.398 e. The summed E-state index contributed by atoms with van der Waals surface area (Å²) in [5.74, 6) is -0.486. The van der Waals surface area contributed by atoms with Crippen LogP contribution >= 0.6 is 0 Å². The Bertz CT molecular complexity index is 531. The largest absolute Gasteiger partial charge is 0.418 e. The number of nitrogens with two attached hydrogens (primary N) is 1. The van der Waals surface area contributed by atoms with Gasteiger partial charge in [-0.25, -0.2) is 0 Å². The number of carbonyl (C=O) groups excluding carboxylic acids is 1. The molecule has 3 N–H and O–H groups in total. The summed E-state index contributed by atoms with van der Waals surface area (Å²) >= 11 is 0. The van der Waals surface area contributed by atoms with E-state index in [2.05, 4.69) is 12.2 Å². The Morgan fingerprint density at radius 1 is 1.38 bits per heavy atom. The van der Waals surface area contributed by atoms with Gasteiger partial charge in [0.05, 0.1) is 5.56 Å². The summed E-state index contributed by atoms with van der Waals surface area (Å²) in [4.78, 5) is 12.0. The number of benzene rings is 1. The number of hydrogen-bond donors (Lipinski definition) is 2. The normalized spacial score (nSPS) is 17.1. The third-order valence-corrected chi connectivity index (χ3v) is 4.41. The van der Waals surface area contributed by atoms with E-state index in [9.17, 15) is 18.0 Å². The molecule has 21 heavy (non-hydrogen) atoms. The number of alkyl halides is 3. The standard InChI is InChI=1S/C15H19F3N2O/c1-2-14(6-3-7-14)9-20-13(21)10-4-5-12(19)11(8-10)15(16,17)18/h4-5,8H,2-3,6-7,9,19H2,1H3,(H,20,21). The molecule has 0 unspecified atom stereocenters. The highest BCUT2D eigenvalue weighted by Crippen LogP contribution is 2.43. The molecule has 1 aliphatic rings. The summed E-state index contributed by atoms with van der Waals surface area (Å²) in [5.41, 5.74) is 4.09. The monoisotopic (exact) mass is 300 g/mol. The Morgan fingerprint density at radius 2 is 2.05 bits per heavy atom. The van der Waals surface area contributed by atoms with Crippen molar-refractivity contribution in [3.63, 3.8) is 0 Å². The van der Waals surface area contributed by atoms with Crippen LogP contribution in [0.1, 0.15) is 48.5 Å². The van der Waals surface area contributed by atoms with Gasteiger partial charge in [-0.3, -0.25) is 4.79 Å². The van der Waals surface area contributed by atoms with Crippen molar-refractivity contribution in [1.29, 1.82) is 0 Å². The molecule has 0 atom stereocenters. The first kappa shape index (κ1) is 15.7. The van der Waals surface area contributed by atoms with Crippen molar-refractivity contribution in [2.24, 2.45) is 5.41 Å². The molecule has 1 aromatic rings.